The molecule has 0 aromatic rings. The average Bonchev–Trinajstić information content (AvgIpc) is 2.79. The summed E-state index contributed by atoms with van der Waals surface area (Å²) in [5.74, 6) is 2.43. The third kappa shape index (κ3) is 12.2. The maximum Gasteiger partial charge on any atom is 0.221 e. The highest BCUT2D eigenvalue weighted by atomic mass is 16.1. The summed E-state index contributed by atoms with van der Waals surface area (Å²) in [5.41, 5.74) is 5.28. The van der Waals surface area contributed by atoms with Crippen molar-refractivity contribution in [2.75, 3.05) is 66.0 Å². The summed E-state index contributed by atoms with van der Waals surface area (Å²) in [6, 6.07) is 0. The van der Waals surface area contributed by atoms with Gasteiger partial charge < -0.3 is 25.8 Å². The third-order valence-corrected chi connectivity index (χ3v) is 7.62. The molecule has 0 bridgehead atoms. The second kappa shape index (κ2) is 15.7. The average molecular weight is 466 g/mol. The minimum atomic E-state index is -0.196. The first-order valence-corrected chi connectivity index (χ1v) is 13.5. The number of nitrogens with two attached hydrogens (primary N) is 1. The van der Waals surface area contributed by atoms with Gasteiger partial charge in [-0.2, -0.15) is 0 Å². The minimum absolute atomic E-state index is 0.196. The van der Waals surface area contributed by atoms with Crippen LogP contribution in [0.15, 0.2) is 0 Å². The van der Waals surface area contributed by atoms with Crippen LogP contribution in [-0.4, -0.2) is 92.5 Å². The fraction of sp³-hybridized carbons (Fsp3) is 0.923. The van der Waals surface area contributed by atoms with Crippen LogP contribution in [0.1, 0.15) is 71.6 Å². The van der Waals surface area contributed by atoms with Crippen molar-refractivity contribution in [3.05, 3.63) is 0 Å². The molecule has 2 saturated heterocycles. The summed E-state index contributed by atoms with van der Waals surface area (Å²) in [6.07, 6.45) is 9.68. The molecule has 192 valence electrons. The monoisotopic (exact) mass is 465 g/mol. The maximum absolute atomic E-state index is 12.2. The Kier molecular flexibility index (Phi) is 13.3. The Balaban J connectivity index is 1.48. The molecule has 2 aliphatic heterocycles. The Morgan fingerprint density at radius 1 is 0.909 bits per heavy atom. The van der Waals surface area contributed by atoms with Gasteiger partial charge in [-0.15, -0.1) is 0 Å². The lowest BCUT2D eigenvalue weighted by Gasteiger charge is -2.40. The van der Waals surface area contributed by atoms with E-state index in [0.29, 0.717) is 12.8 Å². The number of primary amides is 1. The number of nitrogens with one attached hydrogen (secondary N) is 1. The van der Waals surface area contributed by atoms with E-state index in [1.54, 1.807) is 0 Å². The molecule has 7 heteroatoms. The van der Waals surface area contributed by atoms with E-state index in [1.165, 1.54) is 38.5 Å². The Hall–Kier alpha value is -1.18. The van der Waals surface area contributed by atoms with E-state index in [9.17, 15) is 9.59 Å². The highest BCUT2D eigenvalue weighted by molar-refractivity contribution is 5.76. The molecular weight excluding hydrogens is 414 g/mol. The fourth-order valence-electron chi connectivity index (χ4n) is 5.37. The fourth-order valence-corrected chi connectivity index (χ4v) is 5.37. The van der Waals surface area contributed by atoms with Crippen molar-refractivity contribution in [1.82, 2.24) is 20.0 Å². The molecule has 0 atom stereocenters. The van der Waals surface area contributed by atoms with E-state index in [4.69, 9.17) is 5.73 Å². The van der Waals surface area contributed by atoms with Crippen LogP contribution in [0.2, 0.25) is 0 Å². The van der Waals surface area contributed by atoms with Crippen LogP contribution < -0.4 is 11.1 Å². The molecule has 0 radical (unpaired) electrons. The summed E-state index contributed by atoms with van der Waals surface area (Å²) in [5, 5.41) is 3.11. The second-order valence-electron chi connectivity index (χ2n) is 10.9. The van der Waals surface area contributed by atoms with Gasteiger partial charge in [0.2, 0.25) is 11.8 Å². The van der Waals surface area contributed by atoms with Gasteiger partial charge in [0.15, 0.2) is 0 Å². The molecule has 2 aliphatic rings. The Bertz CT molecular complexity index is 555. The minimum Gasteiger partial charge on any atom is -0.370 e. The SMILES string of the molecule is CC(C)CCCN(C)CCCNC(=O)CCN1CCC(C2CCN(CCC(N)=O)CC2)CC1. The molecule has 2 fully saturated rings. The van der Waals surface area contributed by atoms with Crippen LogP contribution in [0.3, 0.4) is 0 Å². The van der Waals surface area contributed by atoms with Gasteiger partial charge in [0.1, 0.15) is 0 Å². The number of nitrogens with zero attached hydrogens (tertiary/aromatic N) is 3. The molecule has 33 heavy (non-hydrogen) atoms. The van der Waals surface area contributed by atoms with Crippen LogP contribution in [0.25, 0.3) is 0 Å². The van der Waals surface area contributed by atoms with Gasteiger partial charge in [0.25, 0.3) is 0 Å². The van der Waals surface area contributed by atoms with Gasteiger partial charge in [-0.25, -0.2) is 0 Å². The zero-order chi connectivity index (χ0) is 24.1. The zero-order valence-corrected chi connectivity index (χ0v) is 21.7. The lowest BCUT2D eigenvalue weighted by Crippen LogP contribution is -2.42. The summed E-state index contributed by atoms with van der Waals surface area (Å²) in [4.78, 5) is 30.5. The molecule has 2 amide bonds. The van der Waals surface area contributed by atoms with E-state index in [1.807, 2.05) is 0 Å². The predicted molar refractivity (Wildman–Crippen MR) is 136 cm³/mol. The summed E-state index contributed by atoms with van der Waals surface area (Å²) >= 11 is 0. The quantitative estimate of drug-likeness (QED) is 0.363. The van der Waals surface area contributed by atoms with Crippen molar-refractivity contribution in [2.45, 2.75) is 71.6 Å². The highest BCUT2D eigenvalue weighted by Crippen LogP contribution is 2.32. The first kappa shape index (κ1) is 28.1. The Morgan fingerprint density at radius 3 is 1.94 bits per heavy atom. The topological polar surface area (TPSA) is 81.9 Å². The summed E-state index contributed by atoms with van der Waals surface area (Å²) in [7, 11) is 2.18. The van der Waals surface area contributed by atoms with Gasteiger partial charge in [0.05, 0.1) is 0 Å². The highest BCUT2D eigenvalue weighted by Gasteiger charge is 2.29. The first-order chi connectivity index (χ1) is 15.8. The number of rotatable bonds is 15. The maximum atomic E-state index is 12.2. The molecule has 7 nitrogen and oxygen atoms in total. The van der Waals surface area contributed by atoms with Gasteiger partial charge in [-0.05, 0) is 109 Å². The molecule has 0 spiro atoms. The summed E-state index contributed by atoms with van der Waals surface area (Å²) < 4.78 is 0. The number of hydrogen-bond acceptors (Lipinski definition) is 5. The lowest BCUT2D eigenvalue weighted by molar-refractivity contribution is -0.121. The predicted octanol–water partition coefficient (Wildman–Crippen LogP) is 2.55. The largest absolute Gasteiger partial charge is 0.370 e. The molecular formula is C26H51N5O2. The number of carbonyl (C=O) groups excluding carboxylic acids is 2. The Labute approximate surface area is 202 Å². The van der Waals surface area contributed by atoms with Gasteiger partial charge >= 0.3 is 0 Å². The van der Waals surface area contributed by atoms with E-state index < -0.39 is 0 Å². The normalized spacial score (nSPS) is 19.4. The van der Waals surface area contributed by atoms with Crippen molar-refractivity contribution in [2.24, 2.45) is 23.5 Å². The van der Waals surface area contributed by atoms with Crippen LogP contribution in [0.5, 0.6) is 0 Å². The number of amides is 2. The molecule has 2 heterocycles. The number of hydrogen-bond donors (Lipinski definition) is 2. The van der Waals surface area contributed by atoms with Crippen molar-refractivity contribution in [3.8, 4) is 0 Å². The van der Waals surface area contributed by atoms with Crippen molar-refractivity contribution in [3.63, 3.8) is 0 Å². The standard InChI is InChI=1S/C26H51N5O2/c1-22(2)6-4-14-29(3)15-5-13-28-26(33)12-21-31-18-9-24(10-19-31)23-7-16-30(17-8-23)20-11-25(27)32/h22-24H,4-21H2,1-3H3,(H2,27,32)(H,28,33). The van der Waals surface area contributed by atoms with Gasteiger partial charge in [-0.1, -0.05) is 13.8 Å². The van der Waals surface area contributed by atoms with E-state index >= 15 is 0 Å². The van der Waals surface area contributed by atoms with Crippen LogP contribution in [0.4, 0.5) is 0 Å². The molecule has 0 unspecified atom stereocenters. The zero-order valence-electron chi connectivity index (χ0n) is 21.7. The van der Waals surface area contributed by atoms with Crippen LogP contribution in [0, 0.1) is 17.8 Å². The number of carbonyl (C=O) groups is 2. The molecule has 3 N–H and O–H groups in total. The van der Waals surface area contributed by atoms with E-state index in [-0.39, 0.29) is 11.8 Å². The molecule has 0 aliphatic carbocycles. The van der Waals surface area contributed by atoms with Crippen molar-refractivity contribution in [1.29, 1.82) is 0 Å². The smallest absolute Gasteiger partial charge is 0.221 e. The van der Waals surface area contributed by atoms with Crippen LogP contribution in [-0.2, 0) is 9.59 Å². The molecule has 0 aromatic heterocycles. The summed E-state index contributed by atoms with van der Waals surface area (Å²) in [6.45, 7) is 13.7. The second-order valence-corrected chi connectivity index (χ2v) is 10.9. The van der Waals surface area contributed by atoms with Crippen LogP contribution >= 0.6 is 0 Å². The third-order valence-electron chi connectivity index (χ3n) is 7.62. The van der Waals surface area contributed by atoms with E-state index in [2.05, 4.69) is 40.9 Å². The molecule has 2 rings (SSSR count). The van der Waals surface area contributed by atoms with E-state index in [0.717, 1.165) is 83.1 Å². The Morgan fingerprint density at radius 2 is 1.42 bits per heavy atom. The first-order valence-electron chi connectivity index (χ1n) is 13.5. The number of piperidine rings is 2. The van der Waals surface area contributed by atoms with Gasteiger partial charge in [-0.3, -0.25) is 9.59 Å². The van der Waals surface area contributed by atoms with Crippen molar-refractivity contribution >= 4 is 11.8 Å². The number of likely N-dealkylation sites (tertiary alicyclic amines) is 2. The van der Waals surface area contributed by atoms with Gasteiger partial charge in [0, 0.05) is 32.5 Å². The lowest BCUT2D eigenvalue weighted by atomic mass is 9.79. The molecule has 0 aromatic carbocycles. The molecule has 0 saturated carbocycles. The van der Waals surface area contributed by atoms with Crippen molar-refractivity contribution < 1.29 is 9.59 Å².